The molecule has 2 aliphatic rings. The zero-order valence-electron chi connectivity index (χ0n) is 14.6. The lowest BCUT2D eigenvalue weighted by atomic mass is 9.80. The van der Waals surface area contributed by atoms with Gasteiger partial charge in [-0.25, -0.2) is 4.79 Å². The topological polar surface area (TPSA) is 88.3 Å². The summed E-state index contributed by atoms with van der Waals surface area (Å²) in [5, 5.41) is 13.0. The molecule has 5 rings (SSSR count). The van der Waals surface area contributed by atoms with Crippen LogP contribution in [0.1, 0.15) is 29.2 Å². The van der Waals surface area contributed by atoms with Crippen LogP contribution >= 0.6 is 27.3 Å². The molecule has 0 unspecified atom stereocenters. The van der Waals surface area contributed by atoms with Crippen LogP contribution in [-0.2, 0) is 23.3 Å². The minimum Gasteiger partial charge on any atom is -0.419 e. The Morgan fingerprint density at radius 2 is 2.04 bits per heavy atom. The number of thiophene rings is 1. The minimum absolute atomic E-state index is 0.0462. The number of hydrogen-bond donors (Lipinski definition) is 1. The number of nitrogens with zero attached hydrogens (tertiary/aromatic N) is 3. The van der Waals surface area contributed by atoms with E-state index in [1.165, 1.54) is 4.90 Å². The number of carbonyl (C=O) groups is 2. The lowest BCUT2D eigenvalue weighted by molar-refractivity contribution is -0.132. The number of nitrogens with one attached hydrogen (secondary N) is 1. The molecular weight excluding hydrogens is 444 g/mol. The Labute approximate surface area is 172 Å². The maximum absolute atomic E-state index is 13.2. The fourth-order valence-electron chi connectivity index (χ4n) is 3.85. The van der Waals surface area contributed by atoms with Crippen molar-refractivity contribution in [2.24, 2.45) is 0 Å². The summed E-state index contributed by atoms with van der Waals surface area (Å²) >= 11 is 5.01. The number of carbonyl (C=O) groups excluding carboxylic acids is 2. The van der Waals surface area contributed by atoms with Gasteiger partial charge in [0.15, 0.2) is 0 Å². The molecule has 0 saturated carbocycles. The molecule has 28 heavy (non-hydrogen) atoms. The van der Waals surface area contributed by atoms with E-state index in [-0.39, 0.29) is 18.3 Å². The van der Waals surface area contributed by atoms with Crippen LogP contribution in [0.3, 0.4) is 0 Å². The van der Waals surface area contributed by atoms with Gasteiger partial charge >= 0.3 is 6.03 Å². The summed E-state index contributed by atoms with van der Waals surface area (Å²) in [6.45, 7) is -0.0462. The van der Waals surface area contributed by atoms with Gasteiger partial charge in [0.1, 0.15) is 12.1 Å². The van der Waals surface area contributed by atoms with Crippen molar-refractivity contribution in [1.29, 1.82) is 0 Å². The Morgan fingerprint density at radius 1 is 1.21 bits per heavy atom. The number of amides is 3. The van der Waals surface area contributed by atoms with Gasteiger partial charge in [-0.3, -0.25) is 9.69 Å². The van der Waals surface area contributed by atoms with Crippen LogP contribution < -0.4 is 5.32 Å². The van der Waals surface area contributed by atoms with Gasteiger partial charge < -0.3 is 9.73 Å². The molecule has 2 aromatic heterocycles. The van der Waals surface area contributed by atoms with Gasteiger partial charge in [0.2, 0.25) is 11.8 Å². The molecule has 0 bridgehead atoms. The number of fused-ring (bicyclic) bond motifs is 2. The monoisotopic (exact) mass is 458 g/mol. The summed E-state index contributed by atoms with van der Waals surface area (Å²) in [5.74, 6) is 0.321. The zero-order chi connectivity index (χ0) is 19.3. The second kappa shape index (κ2) is 6.52. The quantitative estimate of drug-likeness (QED) is 0.602. The summed E-state index contributed by atoms with van der Waals surface area (Å²) in [6.07, 6.45) is 2.41. The van der Waals surface area contributed by atoms with Crippen molar-refractivity contribution in [2.45, 2.75) is 31.3 Å². The van der Waals surface area contributed by atoms with Crippen molar-refractivity contribution in [3.63, 3.8) is 0 Å². The van der Waals surface area contributed by atoms with Gasteiger partial charge in [-0.05, 0) is 55.0 Å². The van der Waals surface area contributed by atoms with Crippen molar-refractivity contribution in [2.75, 3.05) is 0 Å². The van der Waals surface area contributed by atoms with Crippen LogP contribution in [0.4, 0.5) is 4.79 Å². The molecule has 1 aliphatic heterocycles. The average Bonchev–Trinajstić information content (AvgIpc) is 3.40. The molecule has 3 aromatic rings. The van der Waals surface area contributed by atoms with Gasteiger partial charge in [-0.2, -0.15) is 0 Å². The van der Waals surface area contributed by atoms with E-state index in [1.807, 2.05) is 35.7 Å². The van der Waals surface area contributed by atoms with E-state index in [2.05, 4.69) is 31.4 Å². The Bertz CT molecular complexity index is 1080. The fourth-order valence-corrected chi connectivity index (χ4v) is 5.11. The normalized spacial score (nSPS) is 21.2. The smallest absolute Gasteiger partial charge is 0.325 e. The van der Waals surface area contributed by atoms with Crippen LogP contribution in [0.2, 0.25) is 0 Å². The number of halogens is 1. The van der Waals surface area contributed by atoms with Crippen molar-refractivity contribution >= 4 is 39.2 Å². The fraction of sp³-hybridized carbons (Fsp3) is 0.263. The molecule has 1 aromatic carbocycles. The first-order valence-corrected chi connectivity index (χ1v) is 10.5. The van der Waals surface area contributed by atoms with Crippen molar-refractivity contribution in [3.8, 4) is 11.5 Å². The molecule has 3 amide bonds. The first-order chi connectivity index (χ1) is 13.6. The van der Waals surface area contributed by atoms with E-state index in [0.717, 1.165) is 33.3 Å². The number of imide groups is 1. The summed E-state index contributed by atoms with van der Waals surface area (Å²) in [4.78, 5) is 28.2. The zero-order valence-corrected chi connectivity index (χ0v) is 17.0. The first kappa shape index (κ1) is 17.6. The highest BCUT2D eigenvalue weighted by molar-refractivity contribution is 9.10. The molecule has 0 radical (unpaired) electrons. The molecule has 1 N–H and O–H groups in total. The highest BCUT2D eigenvalue weighted by atomic mass is 79.9. The minimum atomic E-state index is -0.959. The summed E-state index contributed by atoms with van der Waals surface area (Å²) in [7, 11) is 0. The Kier molecular flexibility index (Phi) is 4.09. The highest BCUT2D eigenvalue weighted by Crippen LogP contribution is 2.42. The van der Waals surface area contributed by atoms with E-state index >= 15 is 0 Å². The molecule has 1 atom stereocenters. The number of benzene rings is 1. The van der Waals surface area contributed by atoms with E-state index in [1.54, 1.807) is 11.3 Å². The third-order valence-electron chi connectivity index (χ3n) is 5.19. The first-order valence-electron chi connectivity index (χ1n) is 8.86. The summed E-state index contributed by atoms with van der Waals surface area (Å²) in [5.41, 5.74) is 0.732. The summed E-state index contributed by atoms with van der Waals surface area (Å²) in [6, 6.07) is 8.98. The molecule has 1 spiro atoms. The van der Waals surface area contributed by atoms with E-state index < -0.39 is 11.6 Å². The van der Waals surface area contributed by atoms with Gasteiger partial charge in [-0.15, -0.1) is 21.5 Å². The lowest BCUT2D eigenvalue weighted by Crippen LogP contribution is -2.46. The van der Waals surface area contributed by atoms with Crippen molar-refractivity contribution < 1.29 is 14.0 Å². The van der Waals surface area contributed by atoms with E-state index in [4.69, 9.17) is 4.42 Å². The predicted molar refractivity (Wildman–Crippen MR) is 105 cm³/mol. The van der Waals surface area contributed by atoms with Gasteiger partial charge in [0.05, 0.1) is 0 Å². The molecule has 1 fully saturated rings. The highest BCUT2D eigenvalue weighted by Gasteiger charge is 2.54. The number of urea groups is 1. The van der Waals surface area contributed by atoms with Crippen LogP contribution in [0.25, 0.3) is 11.5 Å². The van der Waals surface area contributed by atoms with Crippen LogP contribution in [-0.4, -0.2) is 27.0 Å². The third-order valence-corrected chi connectivity index (χ3v) is 6.70. The Balaban J connectivity index is 1.41. The van der Waals surface area contributed by atoms with Crippen LogP contribution in [0.5, 0.6) is 0 Å². The van der Waals surface area contributed by atoms with Crippen LogP contribution in [0.15, 0.2) is 44.6 Å². The summed E-state index contributed by atoms with van der Waals surface area (Å²) < 4.78 is 6.63. The number of hydrogen-bond acceptors (Lipinski definition) is 6. The molecule has 1 saturated heterocycles. The number of aromatic nitrogens is 2. The lowest BCUT2D eigenvalue weighted by Gasteiger charge is -2.31. The molecule has 3 heterocycles. The van der Waals surface area contributed by atoms with Crippen molar-refractivity contribution in [3.05, 3.63) is 56.5 Å². The molecule has 9 heteroatoms. The largest absolute Gasteiger partial charge is 0.419 e. The predicted octanol–water partition coefficient (Wildman–Crippen LogP) is 3.84. The second-order valence-electron chi connectivity index (χ2n) is 6.85. The SMILES string of the molecule is O=C1N[C@@]2(CCCc3sccc32)C(=O)N1Cc1nnc(-c2ccc(Br)cc2)o1. The third kappa shape index (κ3) is 2.68. The van der Waals surface area contributed by atoms with Gasteiger partial charge in [0, 0.05) is 20.5 Å². The second-order valence-corrected chi connectivity index (χ2v) is 8.76. The van der Waals surface area contributed by atoms with Gasteiger partial charge in [-0.1, -0.05) is 15.9 Å². The Hall–Kier alpha value is -2.52. The van der Waals surface area contributed by atoms with Crippen molar-refractivity contribution in [1.82, 2.24) is 20.4 Å². The van der Waals surface area contributed by atoms with Gasteiger partial charge in [0.25, 0.3) is 5.91 Å². The molecule has 142 valence electrons. The molecular formula is C19H15BrN4O3S. The molecule has 1 aliphatic carbocycles. The maximum Gasteiger partial charge on any atom is 0.325 e. The maximum atomic E-state index is 13.2. The Morgan fingerprint density at radius 3 is 2.86 bits per heavy atom. The standard InChI is InChI=1S/C19H15BrN4O3S/c20-12-5-3-11(4-6-12)16-23-22-15(27-16)10-24-17(25)19(21-18(24)26)8-1-2-14-13(19)7-9-28-14/h3-7,9H,1-2,8,10H2,(H,21,26)/t19-/m1/s1. The van der Waals surface area contributed by atoms with E-state index in [0.29, 0.717) is 12.3 Å². The number of aryl methyl sites for hydroxylation is 1. The average molecular weight is 459 g/mol. The number of rotatable bonds is 3. The molecule has 7 nitrogen and oxygen atoms in total. The van der Waals surface area contributed by atoms with E-state index in [9.17, 15) is 9.59 Å². The van der Waals surface area contributed by atoms with Crippen LogP contribution in [0, 0.1) is 0 Å².